The monoisotopic (exact) mass is 366 g/mol. The second-order valence-electron chi connectivity index (χ2n) is 4.10. The van der Waals surface area contributed by atoms with Crippen molar-refractivity contribution in [2.45, 2.75) is 12.8 Å². The molecule has 0 aliphatic rings. The molecule has 0 heterocycles. The van der Waals surface area contributed by atoms with Crippen LogP contribution in [0.2, 0.25) is 0 Å². The molecule has 0 saturated carbocycles. The Labute approximate surface area is 136 Å². The van der Waals surface area contributed by atoms with Gasteiger partial charge in [0.2, 0.25) is 0 Å². The highest BCUT2D eigenvalue weighted by atomic mass is 79.9. The molecule has 0 N–H and O–H groups in total. The van der Waals surface area contributed by atoms with E-state index in [9.17, 15) is 0 Å². The maximum Gasteiger partial charge on any atom is 0.107 e. The zero-order chi connectivity index (χ0) is 15.4. The van der Waals surface area contributed by atoms with E-state index in [1.165, 1.54) is 0 Å². The molecule has 0 atom stereocenters. The first kappa shape index (κ1) is 20.8. The molecule has 0 aromatic carbocycles. The van der Waals surface area contributed by atoms with Crippen molar-refractivity contribution in [1.29, 1.82) is 0 Å². The Kier molecular flexibility index (Phi) is 19.7. The fourth-order valence-corrected chi connectivity index (χ4v) is 1.71. The largest absolute Gasteiger partial charge is 0.379 e. The van der Waals surface area contributed by atoms with Gasteiger partial charge in [0.15, 0.2) is 0 Å². The van der Waals surface area contributed by atoms with Crippen LogP contribution in [0.1, 0.15) is 12.8 Å². The molecule has 124 valence electrons. The third-order valence-corrected chi connectivity index (χ3v) is 2.91. The predicted octanol–water partition coefficient (Wildman–Crippen LogP) is 1.88. The van der Waals surface area contributed by atoms with Crippen molar-refractivity contribution < 1.29 is 23.7 Å². The Morgan fingerprint density at radius 1 is 0.619 bits per heavy atom. The highest BCUT2D eigenvalue weighted by Crippen LogP contribution is 1.94. The quantitative estimate of drug-likeness (QED) is 0.223. The summed E-state index contributed by atoms with van der Waals surface area (Å²) in [6.45, 7) is 5.69. The zero-order valence-electron chi connectivity index (χ0n) is 12.7. The Hall–Kier alpha value is -0.160. The van der Waals surface area contributed by atoms with Gasteiger partial charge in [0.1, 0.15) is 6.61 Å². The summed E-state index contributed by atoms with van der Waals surface area (Å²) in [5.41, 5.74) is 0. The fraction of sp³-hybridized carbons (Fsp3) is 0.867. The molecule has 0 aliphatic heterocycles. The summed E-state index contributed by atoms with van der Waals surface area (Å²) in [6.07, 6.45) is 7.27. The second-order valence-corrected chi connectivity index (χ2v) is 4.90. The lowest BCUT2D eigenvalue weighted by Gasteiger charge is -2.07. The normalized spacial score (nSPS) is 10.7. The Bertz CT molecular complexity index is 233. The molecule has 0 bridgehead atoms. The summed E-state index contributed by atoms with van der Waals surface area (Å²) in [5, 5.41) is 1.03. The average Bonchev–Trinajstić information content (AvgIpc) is 2.50. The Morgan fingerprint density at radius 3 is 1.48 bits per heavy atom. The number of hydrogen-bond acceptors (Lipinski definition) is 5. The molecule has 0 saturated heterocycles. The topological polar surface area (TPSA) is 46.2 Å². The predicted molar refractivity (Wildman–Crippen MR) is 86.0 cm³/mol. The third-order valence-electron chi connectivity index (χ3n) is 2.35. The number of unbranched alkanes of at least 4 members (excludes halogenated alkanes) is 1. The van der Waals surface area contributed by atoms with Crippen molar-refractivity contribution in [2.75, 3.05) is 71.4 Å². The minimum Gasteiger partial charge on any atom is -0.379 e. The number of terminal acetylenes is 1. The molecule has 0 spiro atoms. The van der Waals surface area contributed by atoms with Crippen LogP contribution in [0.3, 0.4) is 0 Å². The number of rotatable bonds is 17. The van der Waals surface area contributed by atoms with Crippen LogP contribution < -0.4 is 0 Å². The number of alkyl halides is 1. The summed E-state index contributed by atoms with van der Waals surface area (Å²) >= 11 is 3.38. The maximum atomic E-state index is 5.40. The molecule has 0 fully saturated rings. The van der Waals surface area contributed by atoms with Gasteiger partial charge in [0.25, 0.3) is 0 Å². The molecule has 21 heavy (non-hydrogen) atoms. The van der Waals surface area contributed by atoms with Gasteiger partial charge in [0, 0.05) is 11.9 Å². The summed E-state index contributed by atoms with van der Waals surface area (Å²) in [4.78, 5) is 0. The van der Waals surface area contributed by atoms with Gasteiger partial charge in [-0.25, -0.2) is 0 Å². The molecule has 0 aromatic rings. The first-order chi connectivity index (χ1) is 10.4. The molecule has 0 rings (SSSR count). The lowest BCUT2D eigenvalue weighted by molar-refractivity contribution is -0.00927. The van der Waals surface area contributed by atoms with E-state index in [2.05, 4.69) is 21.9 Å². The van der Waals surface area contributed by atoms with Gasteiger partial charge in [-0.2, -0.15) is 0 Å². The van der Waals surface area contributed by atoms with Crippen LogP contribution in [-0.4, -0.2) is 71.4 Å². The van der Waals surface area contributed by atoms with E-state index in [4.69, 9.17) is 30.1 Å². The number of hydrogen-bond donors (Lipinski definition) is 0. The fourth-order valence-electron chi connectivity index (χ4n) is 1.31. The summed E-state index contributed by atoms with van der Waals surface area (Å²) < 4.78 is 26.5. The van der Waals surface area contributed by atoms with E-state index in [-0.39, 0.29) is 0 Å². The van der Waals surface area contributed by atoms with E-state index in [0.29, 0.717) is 59.5 Å². The minimum atomic E-state index is 0.331. The molecular formula is C15H27BrO5. The molecule has 0 aliphatic carbocycles. The van der Waals surface area contributed by atoms with Gasteiger partial charge < -0.3 is 23.7 Å². The van der Waals surface area contributed by atoms with Gasteiger partial charge in [-0.15, -0.1) is 6.42 Å². The van der Waals surface area contributed by atoms with Crippen molar-refractivity contribution in [3.8, 4) is 12.3 Å². The van der Waals surface area contributed by atoms with Crippen LogP contribution in [0.5, 0.6) is 0 Å². The van der Waals surface area contributed by atoms with E-state index in [0.717, 1.165) is 24.8 Å². The van der Waals surface area contributed by atoms with Gasteiger partial charge in [-0.1, -0.05) is 21.9 Å². The lowest BCUT2D eigenvalue weighted by Crippen LogP contribution is -2.13. The smallest absolute Gasteiger partial charge is 0.107 e. The lowest BCUT2D eigenvalue weighted by atomic mass is 10.4. The first-order valence-electron chi connectivity index (χ1n) is 7.30. The molecule has 6 heteroatoms. The van der Waals surface area contributed by atoms with Gasteiger partial charge in [0.05, 0.1) is 52.9 Å². The molecule has 5 nitrogen and oxygen atoms in total. The standard InChI is InChI=1S/C15H27BrO5/c1-2-6-17-8-10-19-12-14-21-15-13-20-11-9-18-7-4-3-5-16/h1H,3-15H2. The Balaban J connectivity index is 2.92. The molecule has 0 amide bonds. The SMILES string of the molecule is C#CCOCCOCCOCCOCCOCCCCBr. The third kappa shape index (κ3) is 19.8. The molecule has 0 unspecified atom stereocenters. The zero-order valence-corrected chi connectivity index (χ0v) is 14.3. The van der Waals surface area contributed by atoms with E-state index in [1.54, 1.807) is 0 Å². The van der Waals surface area contributed by atoms with Gasteiger partial charge >= 0.3 is 0 Å². The van der Waals surface area contributed by atoms with E-state index in [1.807, 2.05) is 0 Å². The Morgan fingerprint density at radius 2 is 1.05 bits per heavy atom. The van der Waals surface area contributed by atoms with E-state index < -0.39 is 0 Å². The van der Waals surface area contributed by atoms with Crippen LogP contribution in [0.15, 0.2) is 0 Å². The van der Waals surface area contributed by atoms with E-state index >= 15 is 0 Å². The molecule has 0 aromatic heterocycles. The second kappa shape index (κ2) is 19.8. The van der Waals surface area contributed by atoms with Crippen molar-refractivity contribution >= 4 is 15.9 Å². The van der Waals surface area contributed by atoms with Crippen molar-refractivity contribution in [3.63, 3.8) is 0 Å². The van der Waals surface area contributed by atoms with Crippen molar-refractivity contribution in [1.82, 2.24) is 0 Å². The maximum absolute atomic E-state index is 5.40. The highest BCUT2D eigenvalue weighted by Gasteiger charge is 1.93. The first-order valence-corrected chi connectivity index (χ1v) is 8.42. The highest BCUT2D eigenvalue weighted by molar-refractivity contribution is 9.09. The molecule has 0 radical (unpaired) electrons. The van der Waals surface area contributed by atoms with Crippen LogP contribution in [0, 0.1) is 12.3 Å². The summed E-state index contributed by atoms with van der Waals surface area (Å²) in [5.74, 6) is 2.39. The van der Waals surface area contributed by atoms with Crippen molar-refractivity contribution in [2.24, 2.45) is 0 Å². The van der Waals surface area contributed by atoms with Crippen LogP contribution in [0.25, 0.3) is 0 Å². The average molecular weight is 367 g/mol. The minimum absolute atomic E-state index is 0.331. The summed E-state index contributed by atoms with van der Waals surface area (Å²) in [6, 6.07) is 0. The molecular weight excluding hydrogens is 340 g/mol. The number of ether oxygens (including phenoxy) is 5. The van der Waals surface area contributed by atoms with Crippen LogP contribution in [-0.2, 0) is 23.7 Å². The summed E-state index contributed by atoms with van der Waals surface area (Å²) in [7, 11) is 0. The van der Waals surface area contributed by atoms with Crippen LogP contribution >= 0.6 is 15.9 Å². The van der Waals surface area contributed by atoms with Gasteiger partial charge in [-0.05, 0) is 12.8 Å². The van der Waals surface area contributed by atoms with Gasteiger partial charge in [-0.3, -0.25) is 0 Å². The van der Waals surface area contributed by atoms with Crippen LogP contribution in [0.4, 0.5) is 0 Å². The van der Waals surface area contributed by atoms with Crippen molar-refractivity contribution in [3.05, 3.63) is 0 Å². The number of halogens is 1.